The third-order valence-electron chi connectivity index (χ3n) is 3.75. The van der Waals surface area contributed by atoms with Gasteiger partial charge in [-0.05, 0) is 12.1 Å². The largest absolute Gasteiger partial charge is 0.383 e. The summed E-state index contributed by atoms with van der Waals surface area (Å²) in [6, 6.07) is 3.72. The van der Waals surface area contributed by atoms with E-state index in [2.05, 4.69) is 0 Å². The Morgan fingerprint density at radius 3 is 2.44 bits per heavy atom. The first-order valence-electron chi connectivity index (χ1n) is 7.26. The highest BCUT2D eigenvalue weighted by atomic mass is 35.5. The Hall–Kier alpha value is -0.610. The van der Waals surface area contributed by atoms with Crippen LogP contribution in [0.3, 0.4) is 0 Å². The molecule has 1 fully saturated rings. The normalized spacial score (nSPS) is 17.0. The first-order chi connectivity index (χ1) is 11.3. The van der Waals surface area contributed by atoms with E-state index >= 15 is 0 Å². The lowest BCUT2D eigenvalue weighted by atomic mass is 10.2. The fourth-order valence-corrected chi connectivity index (χ4v) is 4.61. The van der Waals surface area contributed by atoms with Crippen molar-refractivity contribution in [3.63, 3.8) is 0 Å². The SMILES string of the molecule is COCC(N)C(=O)N1CCN(S(=O)(=O)c2cccc(Cl)c2Cl)CC1.Cl. The highest BCUT2D eigenvalue weighted by Crippen LogP contribution is 2.31. The van der Waals surface area contributed by atoms with Gasteiger partial charge in [-0.1, -0.05) is 29.3 Å². The lowest BCUT2D eigenvalue weighted by Gasteiger charge is -2.35. The predicted octanol–water partition coefficient (Wildman–Crippen LogP) is 1.22. The summed E-state index contributed by atoms with van der Waals surface area (Å²) in [6.45, 7) is 0.962. The van der Waals surface area contributed by atoms with Crippen LogP contribution in [0.15, 0.2) is 23.1 Å². The Bertz CT molecular complexity index is 709. The van der Waals surface area contributed by atoms with E-state index < -0.39 is 16.1 Å². The van der Waals surface area contributed by atoms with Crippen LogP contribution >= 0.6 is 35.6 Å². The fraction of sp³-hybridized carbons (Fsp3) is 0.500. The Labute approximate surface area is 163 Å². The van der Waals surface area contributed by atoms with Crippen molar-refractivity contribution in [2.24, 2.45) is 5.73 Å². The van der Waals surface area contributed by atoms with Crippen molar-refractivity contribution in [2.45, 2.75) is 10.9 Å². The van der Waals surface area contributed by atoms with Crippen molar-refractivity contribution in [1.29, 1.82) is 0 Å². The molecule has 1 atom stereocenters. The van der Waals surface area contributed by atoms with Crippen molar-refractivity contribution in [2.75, 3.05) is 39.9 Å². The number of halogens is 3. The summed E-state index contributed by atoms with van der Waals surface area (Å²) in [7, 11) is -2.31. The molecule has 1 saturated heterocycles. The topological polar surface area (TPSA) is 92.9 Å². The van der Waals surface area contributed by atoms with E-state index in [0.29, 0.717) is 0 Å². The van der Waals surface area contributed by atoms with Crippen LogP contribution in [0.1, 0.15) is 0 Å². The van der Waals surface area contributed by atoms with Crippen LogP contribution in [-0.2, 0) is 19.6 Å². The van der Waals surface area contributed by atoms with Gasteiger partial charge in [-0.2, -0.15) is 4.31 Å². The smallest absolute Gasteiger partial charge is 0.244 e. The van der Waals surface area contributed by atoms with Gasteiger partial charge in [0.05, 0.1) is 16.7 Å². The zero-order valence-corrected chi connectivity index (χ0v) is 16.7. The minimum Gasteiger partial charge on any atom is -0.383 e. The van der Waals surface area contributed by atoms with Gasteiger partial charge in [-0.15, -0.1) is 12.4 Å². The molecule has 2 N–H and O–H groups in total. The average molecular weight is 433 g/mol. The Balaban J connectivity index is 0.00000312. The van der Waals surface area contributed by atoms with E-state index in [1.54, 1.807) is 0 Å². The van der Waals surface area contributed by atoms with Crippen LogP contribution in [0.2, 0.25) is 10.0 Å². The molecule has 0 bridgehead atoms. The average Bonchev–Trinajstić information content (AvgIpc) is 2.56. The number of rotatable bonds is 5. The number of ether oxygens (including phenoxy) is 1. The van der Waals surface area contributed by atoms with Gasteiger partial charge in [0.1, 0.15) is 10.9 Å². The number of carbonyl (C=O) groups excluding carboxylic acids is 1. The molecule has 0 saturated carbocycles. The highest BCUT2D eigenvalue weighted by molar-refractivity contribution is 7.89. The van der Waals surface area contributed by atoms with Crippen LogP contribution in [0, 0.1) is 0 Å². The molecule has 1 unspecified atom stereocenters. The number of nitrogens with zero attached hydrogens (tertiary/aromatic N) is 2. The molecule has 2 rings (SSSR count). The van der Waals surface area contributed by atoms with Gasteiger partial charge in [0.15, 0.2) is 0 Å². The number of hydrogen-bond acceptors (Lipinski definition) is 5. The molecule has 0 aliphatic carbocycles. The predicted molar refractivity (Wildman–Crippen MR) is 98.9 cm³/mol. The molecule has 1 aromatic rings. The minimum atomic E-state index is -3.77. The number of piperazine rings is 1. The third-order valence-corrected chi connectivity index (χ3v) is 6.62. The molecule has 1 aromatic carbocycles. The van der Waals surface area contributed by atoms with Crippen molar-refractivity contribution in [3.05, 3.63) is 28.2 Å². The van der Waals surface area contributed by atoms with Gasteiger partial charge in [-0.25, -0.2) is 8.42 Å². The second kappa shape index (κ2) is 9.36. The molecule has 7 nitrogen and oxygen atoms in total. The lowest BCUT2D eigenvalue weighted by Crippen LogP contribution is -2.55. The van der Waals surface area contributed by atoms with Crippen LogP contribution in [0.25, 0.3) is 0 Å². The Kier molecular flexibility index (Phi) is 8.40. The van der Waals surface area contributed by atoms with Crippen molar-refractivity contribution < 1.29 is 17.9 Å². The van der Waals surface area contributed by atoms with Crippen molar-refractivity contribution in [1.82, 2.24) is 9.21 Å². The first kappa shape index (κ1) is 22.4. The second-order valence-corrected chi connectivity index (χ2v) is 8.03. The maximum absolute atomic E-state index is 12.7. The van der Waals surface area contributed by atoms with E-state index in [4.69, 9.17) is 33.7 Å². The van der Waals surface area contributed by atoms with Gasteiger partial charge in [0.25, 0.3) is 0 Å². The summed E-state index contributed by atoms with van der Waals surface area (Å²) in [5, 5.41) is 0.178. The summed E-state index contributed by atoms with van der Waals surface area (Å²) >= 11 is 11.9. The maximum atomic E-state index is 12.7. The molecule has 25 heavy (non-hydrogen) atoms. The van der Waals surface area contributed by atoms with Crippen molar-refractivity contribution in [3.8, 4) is 0 Å². The lowest BCUT2D eigenvalue weighted by molar-refractivity contribution is -0.134. The molecule has 1 aliphatic heterocycles. The fourth-order valence-electron chi connectivity index (χ4n) is 2.46. The molecular formula is C14H20Cl3N3O4S. The molecule has 0 aromatic heterocycles. The molecule has 1 aliphatic rings. The standard InChI is InChI=1S/C14H19Cl2N3O4S.ClH/c1-23-9-11(17)14(20)18-5-7-19(8-6-18)24(21,22)12-4-2-3-10(15)13(12)16;/h2-4,11H,5-9,17H2,1H3;1H. The summed E-state index contributed by atoms with van der Waals surface area (Å²) in [5.41, 5.74) is 5.73. The monoisotopic (exact) mass is 431 g/mol. The van der Waals surface area contributed by atoms with Gasteiger partial charge in [-0.3, -0.25) is 4.79 Å². The number of methoxy groups -OCH3 is 1. The number of amides is 1. The molecule has 0 spiro atoms. The molecule has 0 radical (unpaired) electrons. The van der Waals surface area contributed by atoms with Gasteiger partial charge in [0, 0.05) is 33.3 Å². The minimum absolute atomic E-state index is 0. The van der Waals surface area contributed by atoms with Crippen LogP contribution in [0.4, 0.5) is 0 Å². The number of sulfonamides is 1. The van der Waals surface area contributed by atoms with E-state index in [1.807, 2.05) is 0 Å². The van der Waals surface area contributed by atoms with E-state index in [0.717, 1.165) is 0 Å². The Morgan fingerprint density at radius 2 is 1.88 bits per heavy atom. The van der Waals surface area contributed by atoms with Gasteiger partial charge >= 0.3 is 0 Å². The van der Waals surface area contributed by atoms with E-state index in [-0.39, 0.29) is 66.0 Å². The van der Waals surface area contributed by atoms with Crippen molar-refractivity contribution >= 4 is 51.5 Å². The van der Waals surface area contributed by atoms with Crippen LogP contribution < -0.4 is 5.73 Å². The molecular weight excluding hydrogens is 413 g/mol. The number of carbonyl (C=O) groups is 1. The number of hydrogen-bond donors (Lipinski definition) is 1. The van der Waals surface area contributed by atoms with Crippen LogP contribution in [0.5, 0.6) is 0 Å². The molecule has 142 valence electrons. The zero-order valence-electron chi connectivity index (χ0n) is 13.5. The summed E-state index contributed by atoms with van der Waals surface area (Å²) in [5.74, 6) is -0.255. The Morgan fingerprint density at radius 1 is 1.28 bits per heavy atom. The third kappa shape index (κ3) is 4.97. The molecule has 11 heteroatoms. The summed E-state index contributed by atoms with van der Waals surface area (Å²) in [4.78, 5) is 13.6. The molecule has 1 amide bonds. The summed E-state index contributed by atoms with van der Waals surface area (Å²) in [6.07, 6.45) is 0. The van der Waals surface area contributed by atoms with E-state index in [9.17, 15) is 13.2 Å². The second-order valence-electron chi connectivity index (χ2n) is 5.34. The number of benzene rings is 1. The van der Waals surface area contributed by atoms with Gasteiger partial charge in [0.2, 0.25) is 15.9 Å². The quantitative estimate of drug-likeness (QED) is 0.755. The molecule has 1 heterocycles. The number of nitrogens with two attached hydrogens (primary N) is 1. The van der Waals surface area contributed by atoms with Crippen LogP contribution in [-0.4, -0.2) is 69.5 Å². The van der Waals surface area contributed by atoms with Gasteiger partial charge < -0.3 is 15.4 Å². The highest BCUT2D eigenvalue weighted by Gasteiger charge is 2.33. The first-order valence-corrected chi connectivity index (χ1v) is 9.46. The van der Waals surface area contributed by atoms with E-state index in [1.165, 1.54) is 34.5 Å². The summed E-state index contributed by atoms with van der Waals surface area (Å²) < 4.78 is 31.6. The maximum Gasteiger partial charge on any atom is 0.244 e. The zero-order chi connectivity index (χ0) is 17.9.